The third-order valence-corrected chi connectivity index (χ3v) is 5.94. The summed E-state index contributed by atoms with van der Waals surface area (Å²) in [5.41, 5.74) is 6.41. The summed E-state index contributed by atoms with van der Waals surface area (Å²) in [4.78, 5) is 11.3. The van der Waals surface area contributed by atoms with Gasteiger partial charge in [0.05, 0.1) is 5.69 Å². The zero-order valence-electron chi connectivity index (χ0n) is 20.5. The van der Waals surface area contributed by atoms with Gasteiger partial charge in [-0.3, -0.25) is 5.32 Å². The quantitative estimate of drug-likeness (QED) is 0.380. The first-order valence-electron chi connectivity index (χ1n) is 11.4. The Labute approximate surface area is 197 Å². The van der Waals surface area contributed by atoms with Gasteiger partial charge < -0.3 is 10.2 Å². The number of amides is 1. The highest BCUT2D eigenvalue weighted by Gasteiger charge is 2.26. The smallest absolute Gasteiger partial charge is 0.409 e. The van der Waals surface area contributed by atoms with Crippen LogP contribution in [0.3, 0.4) is 0 Å². The van der Waals surface area contributed by atoms with Crippen molar-refractivity contribution in [1.29, 1.82) is 0 Å². The molecule has 3 aromatic carbocycles. The predicted octanol–water partition coefficient (Wildman–Crippen LogP) is 7.53. The minimum atomic E-state index is -1.08. The van der Waals surface area contributed by atoms with Gasteiger partial charge in [0.2, 0.25) is 0 Å². The molecule has 0 fully saturated rings. The largest absolute Gasteiger partial charge is 0.507 e. The maximum Gasteiger partial charge on any atom is 0.409 e. The number of benzene rings is 3. The molecule has 174 valence electrons. The lowest BCUT2D eigenvalue weighted by molar-refractivity contribution is 0.210. The number of carbonyl (C=O) groups is 1. The molecule has 0 aliphatic heterocycles. The van der Waals surface area contributed by atoms with Crippen LogP contribution in [0, 0.1) is 0 Å². The van der Waals surface area contributed by atoms with Crippen LogP contribution in [0.25, 0.3) is 11.1 Å². The van der Waals surface area contributed by atoms with E-state index in [1.54, 1.807) is 6.07 Å². The lowest BCUT2D eigenvalue weighted by atomic mass is 9.78. The summed E-state index contributed by atoms with van der Waals surface area (Å²) >= 11 is 0. The van der Waals surface area contributed by atoms with Gasteiger partial charge in [0.25, 0.3) is 0 Å². The first-order chi connectivity index (χ1) is 15.4. The number of hydrogen-bond acceptors (Lipinski definition) is 2. The third kappa shape index (κ3) is 5.75. The van der Waals surface area contributed by atoms with Crippen molar-refractivity contribution in [3.8, 4) is 16.9 Å². The molecule has 3 N–H and O–H groups in total. The number of nitrogens with one attached hydrogen (secondary N) is 1. The van der Waals surface area contributed by atoms with E-state index in [1.165, 1.54) is 5.56 Å². The fourth-order valence-electron chi connectivity index (χ4n) is 4.20. The second kappa shape index (κ2) is 9.30. The van der Waals surface area contributed by atoms with Gasteiger partial charge in [0.15, 0.2) is 0 Å². The molecule has 0 aliphatic rings. The van der Waals surface area contributed by atoms with Crippen molar-refractivity contribution in [1.82, 2.24) is 0 Å². The van der Waals surface area contributed by atoms with Gasteiger partial charge in [0.1, 0.15) is 5.75 Å². The standard InChI is InChI=1S/C29H35NO3/c1-28(2,3)23-17-19(18-24(26(23)31)29(4,5)6)15-16-20-11-7-8-12-21(20)22-13-9-10-14-25(22)30-27(32)33/h7-14,17-18,30-31H,15-16H2,1-6H3,(H,32,33). The number of phenolic OH excluding ortho intramolecular Hbond substituents is 1. The van der Waals surface area contributed by atoms with Crippen LogP contribution >= 0.6 is 0 Å². The van der Waals surface area contributed by atoms with Crippen molar-refractivity contribution < 1.29 is 15.0 Å². The maximum atomic E-state index is 11.3. The van der Waals surface area contributed by atoms with Crippen molar-refractivity contribution in [2.24, 2.45) is 0 Å². The second-order valence-electron chi connectivity index (χ2n) is 10.7. The Balaban J connectivity index is 1.99. The van der Waals surface area contributed by atoms with Crippen molar-refractivity contribution in [3.63, 3.8) is 0 Å². The predicted molar refractivity (Wildman–Crippen MR) is 136 cm³/mol. The Kier molecular flexibility index (Phi) is 6.87. The monoisotopic (exact) mass is 445 g/mol. The van der Waals surface area contributed by atoms with Crippen LogP contribution in [0.2, 0.25) is 0 Å². The summed E-state index contributed by atoms with van der Waals surface area (Å²) in [7, 11) is 0. The molecule has 1 amide bonds. The molecule has 0 aliphatic carbocycles. The van der Waals surface area contributed by atoms with Crippen LogP contribution in [-0.4, -0.2) is 16.3 Å². The fourth-order valence-corrected chi connectivity index (χ4v) is 4.20. The molecule has 0 spiro atoms. The number of aromatic hydroxyl groups is 1. The third-order valence-electron chi connectivity index (χ3n) is 5.94. The number of aryl methyl sites for hydroxylation is 2. The molecule has 0 saturated carbocycles. The van der Waals surface area contributed by atoms with E-state index in [9.17, 15) is 15.0 Å². The highest BCUT2D eigenvalue weighted by Crippen LogP contribution is 2.40. The molecule has 0 aromatic heterocycles. The van der Waals surface area contributed by atoms with Crippen LogP contribution in [0.5, 0.6) is 5.75 Å². The van der Waals surface area contributed by atoms with E-state index in [1.807, 2.05) is 36.4 Å². The van der Waals surface area contributed by atoms with E-state index in [0.717, 1.165) is 40.7 Å². The Morgan fingerprint density at radius 3 is 1.85 bits per heavy atom. The van der Waals surface area contributed by atoms with E-state index in [4.69, 9.17) is 0 Å². The van der Waals surface area contributed by atoms with Gasteiger partial charge in [-0.15, -0.1) is 0 Å². The lowest BCUT2D eigenvalue weighted by Gasteiger charge is -2.28. The topological polar surface area (TPSA) is 69.6 Å². The molecule has 3 aromatic rings. The normalized spacial score (nSPS) is 11.9. The number of phenols is 1. The van der Waals surface area contributed by atoms with Crippen LogP contribution in [0.15, 0.2) is 60.7 Å². The summed E-state index contributed by atoms with van der Waals surface area (Å²) in [5, 5.41) is 22.8. The average Bonchev–Trinajstić information content (AvgIpc) is 2.71. The first-order valence-corrected chi connectivity index (χ1v) is 11.4. The molecule has 3 rings (SSSR count). The van der Waals surface area contributed by atoms with E-state index < -0.39 is 6.09 Å². The molecular formula is C29H35NO3. The second-order valence-corrected chi connectivity index (χ2v) is 10.7. The van der Waals surface area contributed by atoms with Crippen LogP contribution < -0.4 is 5.32 Å². The summed E-state index contributed by atoms with van der Waals surface area (Å²) in [6, 6.07) is 19.9. The SMILES string of the molecule is CC(C)(C)c1cc(CCc2ccccc2-c2ccccc2NC(=O)O)cc(C(C)(C)C)c1O. The van der Waals surface area contributed by atoms with Gasteiger partial charge in [-0.1, -0.05) is 96.1 Å². The Morgan fingerprint density at radius 2 is 1.30 bits per heavy atom. The van der Waals surface area contributed by atoms with E-state index >= 15 is 0 Å². The Hall–Kier alpha value is -3.27. The molecule has 4 nitrogen and oxygen atoms in total. The molecular weight excluding hydrogens is 410 g/mol. The molecule has 0 heterocycles. The first kappa shape index (κ1) is 24.4. The highest BCUT2D eigenvalue weighted by molar-refractivity contribution is 5.91. The van der Waals surface area contributed by atoms with Crippen LogP contribution in [-0.2, 0) is 23.7 Å². The summed E-state index contributed by atoms with van der Waals surface area (Å²) in [6.07, 6.45) is 0.543. The van der Waals surface area contributed by atoms with Gasteiger partial charge in [-0.25, -0.2) is 4.79 Å². The van der Waals surface area contributed by atoms with Gasteiger partial charge >= 0.3 is 6.09 Å². The molecule has 4 heteroatoms. The van der Waals surface area contributed by atoms with Gasteiger partial charge in [-0.2, -0.15) is 0 Å². The average molecular weight is 446 g/mol. The minimum Gasteiger partial charge on any atom is -0.507 e. The molecule has 0 bridgehead atoms. The summed E-state index contributed by atoms with van der Waals surface area (Å²) < 4.78 is 0. The lowest BCUT2D eigenvalue weighted by Crippen LogP contribution is -2.18. The Morgan fingerprint density at radius 1 is 0.788 bits per heavy atom. The number of rotatable bonds is 5. The minimum absolute atomic E-state index is 0.167. The van der Waals surface area contributed by atoms with E-state index in [-0.39, 0.29) is 10.8 Å². The summed E-state index contributed by atoms with van der Waals surface area (Å²) in [6.45, 7) is 12.7. The number of para-hydroxylation sites is 1. The van der Waals surface area contributed by atoms with Crippen molar-refractivity contribution >= 4 is 11.8 Å². The van der Waals surface area contributed by atoms with Crippen LogP contribution in [0.4, 0.5) is 10.5 Å². The zero-order chi connectivity index (χ0) is 24.4. The molecule has 0 radical (unpaired) electrons. The summed E-state index contributed by atoms with van der Waals surface area (Å²) in [5.74, 6) is 0.396. The number of carboxylic acid groups (broad SMARTS) is 1. The van der Waals surface area contributed by atoms with Gasteiger partial charge in [0, 0.05) is 5.56 Å². The van der Waals surface area contributed by atoms with Crippen molar-refractivity contribution in [2.75, 3.05) is 5.32 Å². The zero-order valence-corrected chi connectivity index (χ0v) is 20.5. The molecule has 0 saturated heterocycles. The van der Waals surface area contributed by atoms with Gasteiger partial charge in [-0.05, 0) is 57.6 Å². The highest BCUT2D eigenvalue weighted by atomic mass is 16.4. The van der Waals surface area contributed by atoms with Crippen LogP contribution in [0.1, 0.15) is 63.8 Å². The molecule has 0 atom stereocenters. The maximum absolute atomic E-state index is 11.3. The van der Waals surface area contributed by atoms with Crippen molar-refractivity contribution in [2.45, 2.75) is 65.2 Å². The number of anilines is 1. The van der Waals surface area contributed by atoms with Crippen molar-refractivity contribution in [3.05, 3.63) is 82.9 Å². The Bertz CT molecular complexity index is 1120. The molecule has 33 heavy (non-hydrogen) atoms. The van der Waals surface area contributed by atoms with E-state index in [2.05, 4.69) is 65.1 Å². The molecule has 0 unspecified atom stereocenters. The fraction of sp³-hybridized carbons (Fsp3) is 0.345. The number of hydrogen-bond donors (Lipinski definition) is 3. The van der Waals surface area contributed by atoms with E-state index in [0.29, 0.717) is 11.4 Å².